The topological polar surface area (TPSA) is 95.9 Å². The van der Waals surface area contributed by atoms with Crippen molar-refractivity contribution in [2.24, 2.45) is 0 Å². The van der Waals surface area contributed by atoms with Gasteiger partial charge in [-0.3, -0.25) is 9.59 Å². The van der Waals surface area contributed by atoms with Crippen LogP contribution in [0, 0.1) is 0 Å². The number of carboxylic acid groups (broad SMARTS) is 1. The number of carbonyl (C=O) groups is 3. The molecule has 0 heterocycles. The van der Waals surface area contributed by atoms with E-state index in [9.17, 15) is 19.5 Å². The van der Waals surface area contributed by atoms with Gasteiger partial charge in [0.2, 0.25) is 5.91 Å². The van der Waals surface area contributed by atoms with Crippen molar-refractivity contribution < 1.29 is 24.2 Å². The fourth-order valence-corrected chi connectivity index (χ4v) is 6.23. The van der Waals surface area contributed by atoms with Gasteiger partial charge in [0.1, 0.15) is 12.6 Å². The van der Waals surface area contributed by atoms with Crippen LogP contribution in [0.2, 0.25) is 0 Å². The minimum absolute atomic E-state index is 0.0307. The molecule has 4 rings (SSSR count). The number of rotatable bonds is 8. The number of carboxylic acids is 1. The number of ether oxygens (including phenoxy) is 1. The van der Waals surface area contributed by atoms with Gasteiger partial charge in [-0.05, 0) is 41.4 Å². The van der Waals surface area contributed by atoms with Gasteiger partial charge in [-0.25, -0.2) is 4.79 Å². The molecule has 7 nitrogen and oxygen atoms in total. The zero-order valence-corrected chi connectivity index (χ0v) is 20.2. The SMILES string of the molecule is CSC1CCCC1N(C)C(=O)C(CC(=O)O)NC(=O)OCC1c2ccccc2-c2ccccc21. The third-order valence-electron chi connectivity index (χ3n) is 6.88. The summed E-state index contributed by atoms with van der Waals surface area (Å²) in [5, 5.41) is 12.2. The van der Waals surface area contributed by atoms with E-state index in [2.05, 4.69) is 17.4 Å². The first-order valence-corrected chi connectivity index (χ1v) is 12.8. The molecule has 2 aliphatic rings. The van der Waals surface area contributed by atoms with Crippen molar-refractivity contribution in [1.29, 1.82) is 0 Å². The summed E-state index contributed by atoms with van der Waals surface area (Å²) in [7, 11) is 1.69. The molecule has 0 bridgehead atoms. The first kappa shape index (κ1) is 24.1. The number of aliphatic carboxylic acids is 1. The van der Waals surface area contributed by atoms with Crippen molar-refractivity contribution in [2.75, 3.05) is 19.9 Å². The van der Waals surface area contributed by atoms with Crippen molar-refractivity contribution >= 4 is 29.7 Å². The number of carbonyl (C=O) groups excluding carboxylic acids is 2. The van der Waals surface area contributed by atoms with Crippen LogP contribution in [0.25, 0.3) is 11.1 Å². The van der Waals surface area contributed by atoms with E-state index in [1.54, 1.807) is 23.7 Å². The highest BCUT2D eigenvalue weighted by Gasteiger charge is 2.36. The summed E-state index contributed by atoms with van der Waals surface area (Å²) >= 11 is 1.71. The van der Waals surface area contributed by atoms with Crippen LogP contribution >= 0.6 is 11.8 Å². The first-order valence-electron chi connectivity index (χ1n) is 11.5. The Morgan fingerprint density at radius 2 is 1.71 bits per heavy atom. The summed E-state index contributed by atoms with van der Waals surface area (Å²) in [5.74, 6) is -1.67. The standard InChI is InChI=1S/C26H30N2O5S/c1-28(22-12-7-13-23(22)34-2)25(31)21(14-24(29)30)27-26(32)33-15-20-18-10-5-3-8-16(18)17-9-4-6-11-19(17)20/h3-6,8-11,20-23H,7,12-15H2,1-2H3,(H,27,32)(H,29,30). The van der Waals surface area contributed by atoms with Gasteiger partial charge in [-0.2, -0.15) is 11.8 Å². The molecule has 3 unspecified atom stereocenters. The van der Waals surface area contributed by atoms with Gasteiger partial charge in [-0.15, -0.1) is 0 Å². The summed E-state index contributed by atoms with van der Waals surface area (Å²) in [4.78, 5) is 38.9. The second kappa shape index (κ2) is 10.5. The van der Waals surface area contributed by atoms with Gasteiger partial charge >= 0.3 is 12.1 Å². The number of hydrogen-bond acceptors (Lipinski definition) is 5. The molecule has 34 heavy (non-hydrogen) atoms. The molecule has 2 N–H and O–H groups in total. The van der Waals surface area contributed by atoms with E-state index >= 15 is 0 Å². The van der Waals surface area contributed by atoms with Crippen molar-refractivity contribution in [3.8, 4) is 11.1 Å². The number of benzene rings is 2. The zero-order valence-electron chi connectivity index (χ0n) is 19.4. The Kier molecular flexibility index (Phi) is 7.46. The second-order valence-electron chi connectivity index (χ2n) is 8.84. The van der Waals surface area contributed by atoms with Gasteiger partial charge < -0.3 is 20.1 Å². The van der Waals surface area contributed by atoms with Crippen LogP contribution in [0.3, 0.4) is 0 Å². The predicted octanol–water partition coefficient (Wildman–Crippen LogP) is 4.11. The highest BCUT2D eigenvalue weighted by Crippen LogP contribution is 2.44. The maximum Gasteiger partial charge on any atom is 0.407 e. The number of nitrogens with zero attached hydrogens (tertiary/aromatic N) is 1. The average molecular weight is 483 g/mol. The van der Waals surface area contributed by atoms with Gasteiger partial charge in [0, 0.05) is 24.3 Å². The number of hydrogen-bond donors (Lipinski definition) is 2. The molecule has 0 aliphatic heterocycles. The minimum atomic E-state index is -1.18. The summed E-state index contributed by atoms with van der Waals surface area (Å²) in [6.45, 7) is 0.0981. The molecule has 1 saturated carbocycles. The van der Waals surface area contributed by atoms with Crippen molar-refractivity contribution in [3.05, 3.63) is 59.7 Å². The minimum Gasteiger partial charge on any atom is -0.481 e. The highest BCUT2D eigenvalue weighted by molar-refractivity contribution is 7.99. The molecule has 0 saturated heterocycles. The van der Waals surface area contributed by atoms with Crippen LogP contribution in [0.4, 0.5) is 4.79 Å². The van der Waals surface area contributed by atoms with E-state index in [0.29, 0.717) is 5.25 Å². The van der Waals surface area contributed by atoms with Crippen LogP contribution in [-0.4, -0.2) is 65.2 Å². The summed E-state index contributed by atoms with van der Waals surface area (Å²) < 4.78 is 5.53. The van der Waals surface area contributed by atoms with Crippen molar-refractivity contribution in [1.82, 2.24) is 10.2 Å². The van der Waals surface area contributed by atoms with E-state index < -0.39 is 30.4 Å². The van der Waals surface area contributed by atoms with E-state index in [1.807, 2.05) is 42.7 Å². The lowest BCUT2D eigenvalue weighted by Gasteiger charge is -2.31. The second-order valence-corrected chi connectivity index (χ2v) is 9.92. The molecular formula is C26H30N2O5S. The lowest BCUT2D eigenvalue weighted by atomic mass is 9.98. The molecule has 8 heteroatoms. The Labute approximate surface area is 203 Å². The number of fused-ring (bicyclic) bond motifs is 3. The van der Waals surface area contributed by atoms with Crippen LogP contribution in [0.15, 0.2) is 48.5 Å². The number of thioether (sulfide) groups is 1. The maximum absolute atomic E-state index is 13.1. The first-order chi connectivity index (χ1) is 16.4. The molecular weight excluding hydrogens is 452 g/mol. The summed E-state index contributed by atoms with van der Waals surface area (Å²) in [6.07, 6.45) is 3.65. The molecule has 0 spiro atoms. The molecule has 2 aromatic carbocycles. The van der Waals surface area contributed by atoms with Crippen LogP contribution in [0.5, 0.6) is 0 Å². The Morgan fingerprint density at radius 3 is 2.29 bits per heavy atom. The fraction of sp³-hybridized carbons (Fsp3) is 0.423. The molecule has 2 aromatic rings. The number of amides is 2. The molecule has 180 valence electrons. The summed E-state index contributed by atoms with van der Waals surface area (Å²) in [5.41, 5.74) is 4.40. The lowest BCUT2D eigenvalue weighted by Crippen LogP contribution is -2.52. The van der Waals surface area contributed by atoms with E-state index in [4.69, 9.17) is 4.74 Å². The predicted molar refractivity (Wildman–Crippen MR) is 132 cm³/mol. The fourth-order valence-electron chi connectivity index (χ4n) is 5.19. The maximum atomic E-state index is 13.1. The van der Waals surface area contributed by atoms with Gasteiger partial charge in [0.05, 0.1) is 6.42 Å². The molecule has 3 atom stereocenters. The monoisotopic (exact) mass is 482 g/mol. The summed E-state index contributed by atoms with van der Waals surface area (Å²) in [6, 6.07) is 14.9. The van der Waals surface area contributed by atoms with Gasteiger partial charge in [0.15, 0.2) is 0 Å². The van der Waals surface area contributed by atoms with E-state index in [-0.39, 0.29) is 18.6 Å². The van der Waals surface area contributed by atoms with Gasteiger partial charge in [-0.1, -0.05) is 55.0 Å². The highest BCUT2D eigenvalue weighted by atomic mass is 32.2. The Morgan fingerprint density at radius 1 is 1.09 bits per heavy atom. The molecule has 2 amide bonds. The quantitative estimate of drug-likeness (QED) is 0.588. The normalized spacial score (nSPS) is 19.7. The van der Waals surface area contributed by atoms with Crippen molar-refractivity contribution in [3.63, 3.8) is 0 Å². The van der Waals surface area contributed by atoms with Crippen LogP contribution in [-0.2, 0) is 14.3 Å². The smallest absolute Gasteiger partial charge is 0.407 e. The molecule has 0 radical (unpaired) electrons. The third-order valence-corrected chi connectivity index (χ3v) is 8.03. The Hall–Kier alpha value is -3.00. The lowest BCUT2D eigenvalue weighted by molar-refractivity contribution is -0.142. The van der Waals surface area contributed by atoms with Crippen LogP contribution in [0.1, 0.15) is 42.7 Å². The van der Waals surface area contributed by atoms with E-state index in [0.717, 1.165) is 41.5 Å². The third kappa shape index (κ3) is 4.92. The Bertz CT molecular complexity index is 1030. The zero-order chi connectivity index (χ0) is 24.2. The number of likely N-dealkylation sites (N-methyl/N-ethyl adjacent to an activating group) is 1. The van der Waals surface area contributed by atoms with Crippen molar-refractivity contribution in [2.45, 2.75) is 48.9 Å². The van der Waals surface area contributed by atoms with Crippen LogP contribution < -0.4 is 5.32 Å². The molecule has 1 fully saturated rings. The number of nitrogens with one attached hydrogen (secondary N) is 1. The van der Waals surface area contributed by atoms with E-state index in [1.165, 1.54) is 0 Å². The Balaban J connectivity index is 1.43. The average Bonchev–Trinajstić information content (AvgIpc) is 3.44. The number of alkyl carbamates (subject to hydrolysis) is 1. The molecule has 0 aromatic heterocycles. The molecule has 2 aliphatic carbocycles. The van der Waals surface area contributed by atoms with Gasteiger partial charge in [0.25, 0.3) is 0 Å². The largest absolute Gasteiger partial charge is 0.481 e.